The number of carbonyl (C=O) groups is 2. The molecular weight excluding hydrogens is 295 g/mol. The van der Waals surface area contributed by atoms with Gasteiger partial charge in [0.15, 0.2) is 0 Å². The van der Waals surface area contributed by atoms with Gasteiger partial charge in [-0.1, -0.05) is 12.1 Å². The second-order valence-electron chi connectivity index (χ2n) is 5.87. The van der Waals surface area contributed by atoms with Crippen molar-refractivity contribution >= 4 is 23.2 Å². The minimum Gasteiger partial charge on any atom is -0.319 e. The molecule has 23 heavy (non-hydrogen) atoms. The van der Waals surface area contributed by atoms with Crippen LogP contribution in [0.5, 0.6) is 0 Å². The summed E-state index contributed by atoms with van der Waals surface area (Å²) in [5.41, 5.74) is 3.71. The molecule has 116 valence electrons. The predicted molar refractivity (Wildman–Crippen MR) is 85.2 cm³/mol. The average molecular weight is 310 g/mol. The van der Waals surface area contributed by atoms with Gasteiger partial charge in [-0.15, -0.1) is 0 Å². The third-order valence-corrected chi connectivity index (χ3v) is 4.44. The SMILES string of the molecule is O=C(Nc1ccccc1F)c1cc2c3c(c1)CCN3C(=O)CC2. The van der Waals surface area contributed by atoms with Crippen LogP contribution in [0.3, 0.4) is 0 Å². The second kappa shape index (κ2) is 5.19. The van der Waals surface area contributed by atoms with Crippen molar-refractivity contribution in [2.75, 3.05) is 16.8 Å². The van der Waals surface area contributed by atoms with Gasteiger partial charge >= 0.3 is 0 Å². The fraction of sp³-hybridized carbons (Fsp3) is 0.222. The Labute approximate surface area is 132 Å². The molecule has 2 amide bonds. The van der Waals surface area contributed by atoms with Crippen LogP contribution < -0.4 is 10.2 Å². The lowest BCUT2D eigenvalue weighted by Crippen LogP contribution is -2.33. The van der Waals surface area contributed by atoms with Gasteiger partial charge in [0.25, 0.3) is 5.91 Å². The van der Waals surface area contributed by atoms with E-state index < -0.39 is 5.82 Å². The third kappa shape index (κ3) is 2.29. The zero-order valence-corrected chi connectivity index (χ0v) is 12.4. The van der Waals surface area contributed by atoms with E-state index in [1.165, 1.54) is 12.1 Å². The number of para-hydroxylation sites is 1. The number of hydrogen-bond donors (Lipinski definition) is 1. The third-order valence-electron chi connectivity index (χ3n) is 4.44. The van der Waals surface area contributed by atoms with E-state index in [4.69, 9.17) is 0 Å². The Morgan fingerprint density at radius 1 is 1.09 bits per heavy atom. The molecule has 0 atom stereocenters. The standard InChI is InChI=1S/C18H15FN2O2/c19-14-3-1-2-4-15(14)20-18(23)13-9-11-5-6-16(22)21-8-7-12(10-13)17(11)21/h1-4,9-10H,5-8H2,(H,20,23). The summed E-state index contributed by atoms with van der Waals surface area (Å²) in [5.74, 6) is -0.635. The van der Waals surface area contributed by atoms with Crippen LogP contribution in [0, 0.1) is 5.82 Å². The highest BCUT2D eigenvalue weighted by Crippen LogP contribution is 2.37. The predicted octanol–water partition coefficient (Wildman–Crippen LogP) is 2.91. The van der Waals surface area contributed by atoms with Gasteiger partial charge < -0.3 is 10.2 Å². The molecular formula is C18H15FN2O2. The summed E-state index contributed by atoms with van der Waals surface area (Å²) in [6.07, 6.45) is 1.89. The van der Waals surface area contributed by atoms with E-state index in [2.05, 4.69) is 5.32 Å². The number of nitrogens with one attached hydrogen (secondary N) is 1. The van der Waals surface area contributed by atoms with Gasteiger partial charge in [-0.05, 0) is 48.2 Å². The first-order valence-corrected chi connectivity index (χ1v) is 7.65. The lowest BCUT2D eigenvalue weighted by molar-refractivity contribution is -0.118. The topological polar surface area (TPSA) is 49.4 Å². The number of anilines is 2. The minimum absolute atomic E-state index is 0.153. The van der Waals surface area contributed by atoms with Gasteiger partial charge in [0.2, 0.25) is 5.91 Å². The molecule has 0 saturated heterocycles. The van der Waals surface area contributed by atoms with Gasteiger partial charge in [-0.2, -0.15) is 0 Å². The molecule has 2 aliphatic rings. The van der Waals surface area contributed by atoms with E-state index in [1.807, 2.05) is 17.0 Å². The molecule has 5 heteroatoms. The van der Waals surface area contributed by atoms with Crippen molar-refractivity contribution in [1.29, 1.82) is 0 Å². The number of nitrogens with zero attached hydrogens (tertiary/aromatic N) is 1. The summed E-state index contributed by atoms with van der Waals surface area (Å²) < 4.78 is 13.7. The Morgan fingerprint density at radius 3 is 2.61 bits per heavy atom. The molecule has 0 unspecified atom stereocenters. The highest BCUT2D eigenvalue weighted by atomic mass is 19.1. The smallest absolute Gasteiger partial charge is 0.255 e. The summed E-state index contributed by atoms with van der Waals surface area (Å²) >= 11 is 0. The van der Waals surface area contributed by atoms with Gasteiger partial charge in [0.05, 0.1) is 11.4 Å². The van der Waals surface area contributed by atoms with Crippen LogP contribution >= 0.6 is 0 Å². The molecule has 4 rings (SSSR count). The highest BCUT2D eigenvalue weighted by molar-refractivity contribution is 6.06. The Balaban J connectivity index is 1.67. The maximum atomic E-state index is 13.7. The van der Waals surface area contributed by atoms with E-state index in [-0.39, 0.29) is 17.5 Å². The summed E-state index contributed by atoms with van der Waals surface area (Å²) in [7, 11) is 0. The molecule has 0 bridgehead atoms. The molecule has 4 nitrogen and oxygen atoms in total. The first kappa shape index (κ1) is 13.9. The van der Waals surface area contributed by atoms with Crippen LogP contribution in [-0.4, -0.2) is 18.4 Å². The van der Waals surface area contributed by atoms with Crippen LogP contribution in [0.4, 0.5) is 15.8 Å². The largest absolute Gasteiger partial charge is 0.319 e. The first-order valence-electron chi connectivity index (χ1n) is 7.65. The monoisotopic (exact) mass is 310 g/mol. The van der Waals surface area contributed by atoms with Gasteiger partial charge in [0.1, 0.15) is 5.82 Å². The molecule has 2 aliphatic heterocycles. The quantitative estimate of drug-likeness (QED) is 0.927. The Hall–Kier alpha value is -2.69. The summed E-state index contributed by atoms with van der Waals surface area (Å²) in [5, 5.41) is 2.61. The molecule has 0 fully saturated rings. The fourth-order valence-electron chi connectivity index (χ4n) is 3.35. The van der Waals surface area contributed by atoms with Crippen molar-refractivity contribution in [2.45, 2.75) is 19.3 Å². The Bertz CT molecular complexity index is 832. The Morgan fingerprint density at radius 2 is 1.83 bits per heavy atom. The minimum atomic E-state index is -0.458. The first-order chi connectivity index (χ1) is 11.1. The maximum Gasteiger partial charge on any atom is 0.255 e. The van der Waals surface area contributed by atoms with Gasteiger partial charge in [-0.25, -0.2) is 4.39 Å². The van der Waals surface area contributed by atoms with E-state index in [0.29, 0.717) is 24.9 Å². The molecule has 0 aliphatic carbocycles. The number of benzene rings is 2. The normalized spacial score (nSPS) is 15.5. The van der Waals surface area contributed by atoms with Crippen LogP contribution in [0.1, 0.15) is 27.9 Å². The van der Waals surface area contributed by atoms with Crippen LogP contribution in [0.2, 0.25) is 0 Å². The van der Waals surface area contributed by atoms with E-state index >= 15 is 0 Å². The Kier molecular flexibility index (Phi) is 3.15. The molecule has 0 aromatic heterocycles. The molecule has 2 aromatic rings. The molecule has 2 aromatic carbocycles. The number of aryl methyl sites for hydroxylation is 1. The highest BCUT2D eigenvalue weighted by Gasteiger charge is 2.32. The summed E-state index contributed by atoms with van der Waals surface area (Å²) in [4.78, 5) is 26.2. The zero-order valence-electron chi connectivity index (χ0n) is 12.4. The van der Waals surface area contributed by atoms with E-state index in [9.17, 15) is 14.0 Å². The number of carbonyl (C=O) groups excluding carboxylic acids is 2. The molecule has 1 N–H and O–H groups in total. The van der Waals surface area contributed by atoms with Crippen molar-refractivity contribution in [3.05, 3.63) is 58.9 Å². The fourth-order valence-corrected chi connectivity index (χ4v) is 3.35. The van der Waals surface area contributed by atoms with Crippen LogP contribution in [0.25, 0.3) is 0 Å². The zero-order chi connectivity index (χ0) is 16.0. The number of halogens is 1. The number of rotatable bonds is 2. The lowest BCUT2D eigenvalue weighted by Gasteiger charge is -2.25. The molecule has 2 heterocycles. The van der Waals surface area contributed by atoms with Crippen molar-refractivity contribution in [1.82, 2.24) is 0 Å². The van der Waals surface area contributed by atoms with Crippen LogP contribution in [-0.2, 0) is 17.6 Å². The van der Waals surface area contributed by atoms with Crippen molar-refractivity contribution in [3.63, 3.8) is 0 Å². The van der Waals surface area contributed by atoms with Crippen molar-refractivity contribution in [3.8, 4) is 0 Å². The van der Waals surface area contributed by atoms with Gasteiger partial charge in [0, 0.05) is 18.5 Å². The van der Waals surface area contributed by atoms with E-state index in [1.54, 1.807) is 12.1 Å². The average Bonchev–Trinajstić information content (AvgIpc) is 2.98. The summed E-state index contributed by atoms with van der Waals surface area (Å²) in [6.45, 7) is 0.680. The second-order valence-corrected chi connectivity index (χ2v) is 5.87. The summed E-state index contributed by atoms with van der Waals surface area (Å²) in [6, 6.07) is 9.73. The molecule has 0 radical (unpaired) electrons. The molecule has 0 spiro atoms. The maximum absolute atomic E-state index is 13.7. The number of amides is 2. The van der Waals surface area contributed by atoms with Gasteiger partial charge in [-0.3, -0.25) is 9.59 Å². The number of hydrogen-bond acceptors (Lipinski definition) is 2. The van der Waals surface area contributed by atoms with Crippen molar-refractivity contribution < 1.29 is 14.0 Å². The van der Waals surface area contributed by atoms with Crippen LogP contribution in [0.15, 0.2) is 36.4 Å². The molecule has 0 saturated carbocycles. The van der Waals surface area contributed by atoms with Crippen molar-refractivity contribution in [2.24, 2.45) is 0 Å². The van der Waals surface area contributed by atoms with E-state index in [0.717, 1.165) is 23.2 Å². The lowest BCUT2D eigenvalue weighted by atomic mass is 9.96.